The van der Waals surface area contributed by atoms with Gasteiger partial charge in [0.05, 0.1) is 30.3 Å². The summed E-state index contributed by atoms with van der Waals surface area (Å²) in [7, 11) is -2.19. The summed E-state index contributed by atoms with van der Waals surface area (Å²) in [6.07, 6.45) is 3.41. The van der Waals surface area contributed by atoms with Crippen molar-refractivity contribution in [2.75, 3.05) is 20.3 Å². The zero-order valence-corrected chi connectivity index (χ0v) is 16.8. The van der Waals surface area contributed by atoms with E-state index in [2.05, 4.69) is 4.98 Å². The normalized spacial score (nSPS) is 17.4. The molecule has 7 heteroatoms. The molecular weight excluding hydrogens is 364 g/mol. The monoisotopic (exact) mass is 390 g/mol. The smallest absolute Gasteiger partial charge is 0.243 e. The second kappa shape index (κ2) is 8.37. The Morgan fingerprint density at radius 2 is 2.07 bits per heavy atom. The molecule has 0 spiro atoms. The van der Waals surface area contributed by atoms with Crippen LogP contribution in [-0.2, 0) is 21.3 Å². The van der Waals surface area contributed by atoms with Gasteiger partial charge in [0.25, 0.3) is 0 Å². The molecule has 1 aliphatic rings. The highest BCUT2D eigenvalue weighted by Gasteiger charge is 2.31. The summed E-state index contributed by atoms with van der Waals surface area (Å²) in [6.45, 7) is 4.91. The number of aromatic nitrogens is 1. The quantitative estimate of drug-likeness (QED) is 0.727. The van der Waals surface area contributed by atoms with Crippen molar-refractivity contribution in [1.82, 2.24) is 9.29 Å². The largest absolute Gasteiger partial charge is 0.496 e. The van der Waals surface area contributed by atoms with Crippen LogP contribution in [0.25, 0.3) is 0 Å². The highest BCUT2D eigenvalue weighted by molar-refractivity contribution is 7.89. The predicted octanol–water partition coefficient (Wildman–Crippen LogP) is 3.08. The molecule has 1 unspecified atom stereocenters. The molecule has 2 aromatic rings. The van der Waals surface area contributed by atoms with Crippen LogP contribution in [0.4, 0.5) is 0 Å². The molecule has 0 amide bonds. The lowest BCUT2D eigenvalue weighted by atomic mass is 10.1. The third-order valence-corrected chi connectivity index (χ3v) is 6.76. The van der Waals surface area contributed by atoms with Crippen molar-refractivity contribution in [2.45, 2.75) is 44.2 Å². The van der Waals surface area contributed by atoms with Crippen LogP contribution in [0, 0.1) is 13.8 Å². The molecule has 0 radical (unpaired) electrons. The standard InChI is InChI=1S/C20H26N2O4S/c1-15-11-16(2)20(12-19(15)25-3)27(23,24)22(14-18-8-6-10-26-18)13-17-7-4-5-9-21-17/h4-5,7,9,11-12,18H,6,8,10,13-14H2,1-3H3. The molecular formula is C20H26N2O4S. The van der Waals surface area contributed by atoms with Gasteiger partial charge in [-0.15, -0.1) is 0 Å². The van der Waals surface area contributed by atoms with Crippen LogP contribution in [0.2, 0.25) is 0 Å². The van der Waals surface area contributed by atoms with Crippen LogP contribution < -0.4 is 4.74 Å². The minimum atomic E-state index is -3.73. The van der Waals surface area contributed by atoms with Gasteiger partial charge in [-0.2, -0.15) is 4.31 Å². The number of sulfonamides is 1. The number of hydrogen-bond acceptors (Lipinski definition) is 5. The molecule has 6 nitrogen and oxygen atoms in total. The number of methoxy groups -OCH3 is 1. The van der Waals surface area contributed by atoms with Crippen molar-refractivity contribution in [1.29, 1.82) is 0 Å². The fraction of sp³-hybridized carbons (Fsp3) is 0.450. The summed E-state index contributed by atoms with van der Waals surface area (Å²) in [4.78, 5) is 4.56. The van der Waals surface area contributed by atoms with E-state index < -0.39 is 10.0 Å². The van der Waals surface area contributed by atoms with E-state index in [1.165, 1.54) is 4.31 Å². The predicted molar refractivity (Wildman–Crippen MR) is 103 cm³/mol. The fourth-order valence-corrected chi connectivity index (χ4v) is 5.05. The lowest BCUT2D eigenvalue weighted by Crippen LogP contribution is -2.37. The minimum Gasteiger partial charge on any atom is -0.496 e. The van der Waals surface area contributed by atoms with Gasteiger partial charge in [0.15, 0.2) is 0 Å². The Kier molecular flexibility index (Phi) is 6.14. The summed E-state index contributed by atoms with van der Waals surface area (Å²) in [5, 5.41) is 0. The molecule has 0 N–H and O–H groups in total. The Hall–Kier alpha value is -1.96. The molecule has 1 aromatic heterocycles. The summed E-state index contributed by atoms with van der Waals surface area (Å²) >= 11 is 0. The zero-order valence-electron chi connectivity index (χ0n) is 16.0. The molecule has 146 valence electrons. The maximum Gasteiger partial charge on any atom is 0.243 e. The molecule has 3 rings (SSSR count). The van der Waals surface area contributed by atoms with Crippen LogP contribution in [0.1, 0.15) is 29.7 Å². The Balaban J connectivity index is 1.98. The number of ether oxygens (including phenoxy) is 2. The molecule has 1 atom stereocenters. The van der Waals surface area contributed by atoms with E-state index >= 15 is 0 Å². The maximum absolute atomic E-state index is 13.5. The Bertz CT molecular complexity index is 878. The molecule has 0 saturated carbocycles. The molecule has 0 aliphatic carbocycles. The van der Waals surface area contributed by atoms with E-state index in [0.717, 1.165) is 18.4 Å². The van der Waals surface area contributed by atoms with E-state index in [4.69, 9.17) is 9.47 Å². The average Bonchev–Trinajstić information content (AvgIpc) is 3.15. The van der Waals surface area contributed by atoms with Crippen molar-refractivity contribution in [3.63, 3.8) is 0 Å². The van der Waals surface area contributed by atoms with Crippen LogP contribution in [-0.4, -0.2) is 44.1 Å². The highest BCUT2D eigenvalue weighted by atomic mass is 32.2. The first kappa shape index (κ1) is 19.8. The van der Waals surface area contributed by atoms with E-state index in [1.807, 2.05) is 38.1 Å². The van der Waals surface area contributed by atoms with E-state index in [1.54, 1.807) is 19.4 Å². The zero-order chi connectivity index (χ0) is 19.4. The second-order valence-electron chi connectivity index (χ2n) is 6.84. The Morgan fingerprint density at radius 1 is 1.26 bits per heavy atom. The number of nitrogens with zero attached hydrogens (tertiary/aromatic N) is 2. The summed E-state index contributed by atoms with van der Waals surface area (Å²) in [6, 6.07) is 8.97. The fourth-order valence-electron chi connectivity index (χ4n) is 3.39. The van der Waals surface area contributed by atoms with Gasteiger partial charge in [-0.25, -0.2) is 8.42 Å². The van der Waals surface area contributed by atoms with Gasteiger partial charge in [-0.1, -0.05) is 12.1 Å². The van der Waals surface area contributed by atoms with Crippen molar-refractivity contribution in [3.8, 4) is 5.75 Å². The molecule has 0 bridgehead atoms. The molecule has 1 saturated heterocycles. The Morgan fingerprint density at radius 3 is 2.70 bits per heavy atom. The number of hydrogen-bond donors (Lipinski definition) is 0. The first-order valence-electron chi connectivity index (χ1n) is 9.08. The highest BCUT2D eigenvalue weighted by Crippen LogP contribution is 2.29. The first-order valence-corrected chi connectivity index (χ1v) is 10.5. The molecule has 1 aromatic carbocycles. The number of benzene rings is 1. The van der Waals surface area contributed by atoms with Gasteiger partial charge in [0.2, 0.25) is 10.0 Å². The van der Waals surface area contributed by atoms with E-state index in [0.29, 0.717) is 30.2 Å². The van der Waals surface area contributed by atoms with Gasteiger partial charge in [-0.05, 0) is 49.9 Å². The average molecular weight is 391 g/mol. The van der Waals surface area contributed by atoms with Crippen LogP contribution >= 0.6 is 0 Å². The van der Waals surface area contributed by atoms with Gasteiger partial charge < -0.3 is 9.47 Å². The second-order valence-corrected chi connectivity index (χ2v) is 8.75. The summed E-state index contributed by atoms with van der Waals surface area (Å²) in [5.41, 5.74) is 2.31. The van der Waals surface area contributed by atoms with Crippen LogP contribution in [0.15, 0.2) is 41.4 Å². The number of pyridine rings is 1. The van der Waals surface area contributed by atoms with Crippen LogP contribution in [0.5, 0.6) is 5.75 Å². The van der Waals surface area contributed by atoms with Gasteiger partial charge >= 0.3 is 0 Å². The number of rotatable bonds is 7. The molecule has 1 fully saturated rings. The van der Waals surface area contributed by atoms with Crippen molar-refractivity contribution in [2.24, 2.45) is 0 Å². The van der Waals surface area contributed by atoms with Gasteiger partial charge in [0.1, 0.15) is 5.75 Å². The third-order valence-electron chi connectivity index (χ3n) is 4.81. The van der Waals surface area contributed by atoms with E-state index in [-0.39, 0.29) is 17.5 Å². The Labute approximate surface area is 161 Å². The maximum atomic E-state index is 13.5. The molecule has 27 heavy (non-hydrogen) atoms. The van der Waals surface area contributed by atoms with E-state index in [9.17, 15) is 8.42 Å². The van der Waals surface area contributed by atoms with Crippen molar-refractivity contribution in [3.05, 3.63) is 53.3 Å². The minimum absolute atomic E-state index is 0.0869. The SMILES string of the molecule is COc1cc(S(=O)(=O)N(Cc2ccccn2)CC2CCCO2)c(C)cc1C. The van der Waals surface area contributed by atoms with Crippen LogP contribution in [0.3, 0.4) is 0 Å². The third kappa shape index (κ3) is 4.48. The number of aryl methyl sites for hydroxylation is 2. The topological polar surface area (TPSA) is 68.7 Å². The van der Waals surface area contributed by atoms with Gasteiger partial charge in [-0.3, -0.25) is 4.98 Å². The van der Waals surface area contributed by atoms with Crippen molar-refractivity contribution < 1.29 is 17.9 Å². The van der Waals surface area contributed by atoms with Crippen molar-refractivity contribution >= 4 is 10.0 Å². The summed E-state index contributed by atoms with van der Waals surface area (Å²) < 4.78 is 39.5. The lowest BCUT2D eigenvalue weighted by molar-refractivity contribution is 0.0924. The lowest BCUT2D eigenvalue weighted by Gasteiger charge is -2.25. The summed E-state index contributed by atoms with van der Waals surface area (Å²) in [5.74, 6) is 0.564. The molecule has 1 aliphatic heterocycles. The molecule has 2 heterocycles. The first-order chi connectivity index (χ1) is 12.9. The van der Waals surface area contributed by atoms with Gasteiger partial charge in [0, 0.05) is 25.4 Å².